The Balaban J connectivity index is 1.69. The topological polar surface area (TPSA) is 83.6 Å². The van der Waals surface area contributed by atoms with Crippen LogP contribution in [-0.2, 0) is 4.79 Å². The third-order valence-corrected chi connectivity index (χ3v) is 5.12. The van der Waals surface area contributed by atoms with Crippen molar-refractivity contribution in [2.45, 2.75) is 19.8 Å². The molecule has 0 spiro atoms. The normalized spacial score (nSPS) is 13.3. The van der Waals surface area contributed by atoms with Crippen LogP contribution in [0.1, 0.15) is 30.1 Å². The molecule has 7 nitrogen and oxygen atoms in total. The number of nitrogens with zero attached hydrogens (tertiary/aromatic N) is 2. The van der Waals surface area contributed by atoms with Gasteiger partial charge in [0, 0.05) is 31.1 Å². The van der Waals surface area contributed by atoms with E-state index in [1.807, 2.05) is 30.3 Å². The summed E-state index contributed by atoms with van der Waals surface area (Å²) in [6, 6.07) is 14.8. The third kappa shape index (κ3) is 4.05. The summed E-state index contributed by atoms with van der Waals surface area (Å²) in [6.07, 6.45) is 2.18. The summed E-state index contributed by atoms with van der Waals surface area (Å²) in [5, 5.41) is 6.58. The van der Waals surface area contributed by atoms with E-state index < -0.39 is 0 Å². The first-order valence-corrected chi connectivity index (χ1v) is 9.97. The lowest BCUT2D eigenvalue weighted by atomic mass is 10.1. The molecule has 1 saturated heterocycles. The molecule has 0 aliphatic carbocycles. The Hall–Kier alpha value is -3.61. The van der Waals surface area contributed by atoms with Crippen molar-refractivity contribution in [2.75, 3.05) is 35.7 Å². The van der Waals surface area contributed by atoms with Gasteiger partial charge in [-0.1, -0.05) is 18.2 Å². The van der Waals surface area contributed by atoms with Crippen molar-refractivity contribution in [1.29, 1.82) is 0 Å². The van der Waals surface area contributed by atoms with Gasteiger partial charge in [-0.15, -0.1) is 0 Å². The molecule has 0 atom stereocenters. The van der Waals surface area contributed by atoms with Crippen molar-refractivity contribution in [3.05, 3.63) is 54.1 Å². The molecule has 1 fully saturated rings. The lowest BCUT2D eigenvalue weighted by Crippen LogP contribution is -2.24. The van der Waals surface area contributed by atoms with Crippen LogP contribution in [0.25, 0.3) is 10.9 Å². The number of carbonyl (C=O) groups excluding carboxylic acids is 2. The number of pyridine rings is 1. The monoisotopic (exact) mass is 404 g/mol. The van der Waals surface area contributed by atoms with E-state index in [4.69, 9.17) is 9.72 Å². The SMILES string of the molecule is COc1ccc(NC(=O)c2cc3ccccc3nc2N2CCCC2)cc1NC(C)=O. The van der Waals surface area contributed by atoms with Crippen LogP contribution in [-0.4, -0.2) is 37.0 Å². The first-order chi connectivity index (χ1) is 14.5. The number of methoxy groups -OCH3 is 1. The van der Waals surface area contributed by atoms with Gasteiger partial charge in [0.2, 0.25) is 5.91 Å². The van der Waals surface area contributed by atoms with Gasteiger partial charge in [-0.25, -0.2) is 4.98 Å². The molecule has 0 radical (unpaired) electrons. The largest absolute Gasteiger partial charge is 0.495 e. The predicted molar refractivity (Wildman–Crippen MR) is 118 cm³/mol. The van der Waals surface area contributed by atoms with E-state index in [-0.39, 0.29) is 11.8 Å². The maximum absolute atomic E-state index is 13.2. The minimum Gasteiger partial charge on any atom is -0.495 e. The molecule has 1 aliphatic heterocycles. The summed E-state index contributed by atoms with van der Waals surface area (Å²) >= 11 is 0. The van der Waals surface area contributed by atoms with Crippen molar-refractivity contribution < 1.29 is 14.3 Å². The molecule has 30 heavy (non-hydrogen) atoms. The molecule has 7 heteroatoms. The Morgan fingerprint density at radius 1 is 1.03 bits per heavy atom. The van der Waals surface area contributed by atoms with E-state index in [1.54, 1.807) is 18.2 Å². The fourth-order valence-electron chi connectivity index (χ4n) is 3.71. The van der Waals surface area contributed by atoms with E-state index in [0.29, 0.717) is 28.5 Å². The van der Waals surface area contributed by atoms with Crippen LogP contribution in [0, 0.1) is 0 Å². The Kier molecular flexibility index (Phi) is 5.52. The minimum atomic E-state index is -0.242. The summed E-state index contributed by atoms with van der Waals surface area (Å²) in [6.45, 7) is 3.20. The zero-order chi connectivity index (χ0) is 21.1. The lowest BCUT2D eigenvalue weighted by molar-refractivity contribution is -0.114. The number of carbonyl (C=O) groups is 2. The number of fused-ring (bicyclic) bond motifs is 1. The van der Waals surface area contributed by atoms with Crippen molar-refractivity contribution in [2.24, 2.45) is 0 Å². The van der Waals surface area contributed by atoms with Gasteiger partial charge in [0.25, 0.3) is 5.91 Å². The van der Waals surface area contributed by atoms with Gasteiger partial charge < -0.3 is 20.3 Å². The Bertz CT molecular complexity index is 1110. The number of anilines is 3. The fourth-order valence-corrected chi connectivity index (χ4v) is 3.71. The molecule has 2 aromatic carbocycles. The first-order valence-electron chi connectivity index (χ1n) is 9.97. The number of nitrogens with one attached hydrogen (secondary N) is 2. The van der Waals surface area contributed by atoms with Crippen LogP contribution >= 0.6 is 0 Å². The van der Waals surface area contributed by atoms with Gasteiger partial charge in [-0.2, -0.15) is 0 Å². The second kappa shape index (κ2) is 8.41. The Labute approximate surface area is 175 Å². The fraction of sp³-hybridized carbons (Fsp3) is 0.261. The zero-order valence-corrected chi connectivity index (χ0v) is 17.1. The van der Waals surface area contributed by atoms with Crippen molar-refractivity contribution in [3.8, 4) is 5.75 Å². The summed E-state index contributed by atoms with van der Waals surface area (Å²) in [5.41, 5.74) is 2.46. The highest BCUT2D eigenvalue weighted by atomic mass is 16.5. The van der Waals surface area contributed by atoms with Crippen molar-refractivity contribution in [1.82, 2.24) is 4.98 Å². The number of benzene rings is 2. The average Bonchev–Trinajstić information content (AvgIpc) is 3.27. The molecular formula is C23H24N4O3. The number of hydrogen-bond donors (Lipinski definition) is 2. The van der Waals surface area contributed by atoms with Crippen molar-refractivity contribution in [3.63, 3.8) is 0 Å². The minimum absolute atomic E-state index is 0.216. The van der Waals surface area contributed by atoms with Crippen LogP contribution < -0.4 is 20.3 Å². The summed E-state index contributed by atoms with van der Waals surface area (Å²) in [5.74, 6) is 0.772. The molecular weight excluding hydrogens is 380 g/mol. The van der Waals surface area contributed by atoms with Gasteiger partial charge in [0.1, 0.15) is 11.6 Å². The number of amides is 2. The predicted octanol–water partition coefficient (Wildman–Crippen LogP) is 4.05. The summed E-state index contributed by atoms with van der Waals surface area (Å²) in [7, 11) is 1.53. The Morgan fingerprint density at radius 2 is 1.80 bits per heavy atom. The number of rotatable bonds is 5. The molecule has 3 aromatic rings. The van der Waals surface area contributed by atoms with Gasteiger partial charge in [-0.3, -0.25) is 9.59 Å². The Morgan fingerprint density at radius 3 is 2.53 bits per heavy atom. The van der Waals surface area contributed by atoms with Crippen LogP contribution in [0.3, 0.4) is 0 Å². The van der Waals surface area contributed by atoms with Crippen molar-refractivity contribution >= 4 is 39.9 Å². The highest BCUT2D eigenvalue weighted by Gasteiger charge is 2.22. The van der Waals surface area contributed by atoms with Crippen LogP contribution in [0.5, 0.6) is 5.75 Å². The molecule has 0 saturated carbocycles. The van der Waals surface area contributed by atoms with Gasteiger partial charge in [-0.05, 0) is 43.2 Å². The number of para-hydroxylation sites is 1. The van der Waals surface area contributed by atoms with E-state index in [0.717, 1.165) is 36.8 Å². The van der Waals surface area contributed by atoms with E-state index in [2.05, 4.69) is 15.5 Å². The van der Waals surface area contributed by atoms with E-state index >= 15 is 0 Å². The summed E-state index contributed by atoms with van der Waals surface area (Å²) < 4.78 is 5.28. The van der Waals surface area contributed by atoms with Gasteiger partial charge in [0.15, 0.2) is 0 Å². The van der Waals surface area contributed by atoms with Gasteiger partial charge >= 0.3 is 0 Å². The van der Waals surface area contributed by atoms with Crippen LogP contribution in [0.2, 0.25) is 0 Å². The molecule has 0 unspecified atom stereocenters. The third-order valence-electron chi connectivity index (χ3n) is 5.12. The molecule has 4 rings (SSSR count). The van der Waals surface area contributed by atoms with Crippen LogP contribution in [0.4, 0.5) is 17.2 Å². The zero-order valence-electron chi connectivity index (χ0n) is 17.1. The van der Waals surface area contributed by atoms with E-state index in [1.165, 1.54) is 14.0 Å². The second-order valence-corrected chi connectivity index (χ2v) is 7.30. The molecule has 2 N–H and O–H groups in total. The molecule has 1 aromatic heterocycles. The highest BCUT2D eigenvalue weighted by molar-refractivity contribution is 6.10. The highest BCUT2D eigenvalue weighted by Crippen LogP contribution is 2.30. The second-order valence-electron chi connectivity index (χ2n) is 7.30. The maximum atomic E-state index is 13.2. The number of aromatic nitrogens is 1. The van der Waals surface area contributed by atoms with Crippen LogP contribution in [0.15, 0.2) is 48.5 Å². The number of ether oxygens (including phenoxy) is 1. The standard InChI is InChI=1S/C23H24N4O3/c1-15(28)24-20-14-17(9-10-21(20)30-2)25-23(29)18-13-16-7-3-4-8-19(16)26-22(18)27-11-5-6-12-27/h3-4,7-10,13-14H,5-6,11-12H2,1-2H3,(H,24,28)(H,25,29). The van der Waals surface area contributed by atoms with E-state index in [9.17, 15) is 9.59 Å². The molecule has 154 valence electrons. The summed E-state index contributed by atoms with van der Waals surface area (Å²) in [4.78, 5) is 31.7. The smallest absolute Gasteiger partial charge is 0.259 e. The molecule has 2 amide bonds. The number of hydrogen-bond acceptors (Lipinski definition) is 5. The molecule has 1 aliphatic rings. The average molecular weight is 404 g/mol. The van der Waals surface area contributed by atoms with Gasteiger partial charge in [0.05, 0.1) is 23.9 Å². The molecule has 0 bridgehead atoms. The molecule has 2 heterocycles. The quantitative estimate of drug-likeness (QED) is 0.670. The maximum Gasteiger partial charge on any atom is 0.259 e. The lowest BCUT2D eigenvalue weighted by Gasteiger charge is -2.20. The first kappa shape index (κ1) is 19.7.